The maximum Gasteiger partial charge on any atom is 0.331 e. The molecule has 0 unspecified atom stereocenters. The highest BCUT2D eigenvalue weighted by atomic mass is 16.7. The number of carbonyl (C=O) groups excluding carboxylic acids is 3. The van der Waals surface area contributed by atoms with Crippen molar-refractivity contribution in [2.24, 2.45) is 16.2 Å². The van der Waals surface area contributed by atoms with Crippen molar-refractivity contribution in [2.75, 3.05) is 4.90 Å². The number of rotatable bonds is 13. The smallest absolute Gasteiger partial charge is 0.318 e. The van der Waals surface area contributed by atoms with Crippen LogP contribution in [0.5, 0.6) is 0 Å². The average Bonchev–Trinajstić information content (AvgIpc) is 3.06. The predicted octanol–water partition coefficient (Wildman–Crippen LogP) is 9.08. The fourth-order valence-corrected chi connectivity index (χ4v) is 5.00. The van der Waals surface area contributed by atoms with Crippen molar-refractivity contribution in [2.45, 2.75) is 60.8 Å². The summed E-state index contributed by atoms with van der Waals surface area (Å²) in [6, 6.07) is 30.9. The molecule has 0 radical (unpaired) electrons. The Balaban J connectivity index is 1.74. The van der Waals surface area contributed by atoms with Crippen molar-refractivity contribution in [1.82, 2.24) is 0 Å². The summed E-state index contributed by atoms with van der Waals surface area (Å²) in [5, 5.41) is 8.21. The van der Waals surface area contributed by atoms with Crippen molar-refractivity contribution >= 4 is 46.2 Å². The van der Waals surface area contributed by atoms with E-state index in [1.54, 1.807) is 0 Å². The number of oxime groups is 2. The third-order valence-corrected chi connectivity index (χ3v) is 7.28. The van der Waals surface area contributed by atoms with Crippen molar-refractivity contribution in [3.8, 4) is 0 Å². The highest BCUT2D eigenvalue weighted by Gasteiger charge is 2.17. The first-order valence-corrected chi connectivity index (χ1v) is 15.8. The van der Waals surface area contributed by atoms with Crippen LogP contribution in [0.2, 0.25) is 0 Å². The second kappa shape index (κ2) is 16.3. The van der Waals surface area contributed by atoms with Crippen LogP contribution in [-0.4, -0.2) is 29.1 Å². The minimum atomic E-state index is -0.471. The number of benzene rings is 4. The Hall–Kier alpha value is -5.37. The van der Waals surface area contributed by atoms with Crippen LogP contribution in [-0.2, 0) is 19.3 Å². The number of aryl methyl sites for hydroxylation is 1. The summed E-state index contributed by atoms with van der Waals surface area (Å²) in [5.41, 5.74) is 8.00. The molecule has 0 aliphatic heterocycles. The number of nitrogens with zero attached hydrogens (tertiary/aromatic N) is 3. The van der Waals surface area contributed by atoms with Gasteiger partial charge in [0.25, 0.3) is 0 Å². The van der Waals surface area contributed by atoms with E-state index in [0.717, 1.165) is 40.2 Å². The van der Waals surface area contributed by atoms with Gasteiger partial charge in [0.15, 0.2) is 5.78 Å². The summed E-state index contributed by atoms with van der Waals surface area (Å²) in [7, 11) is 0. The molecule has 4 rings (SSSR count). The fraction of sp³-hybridized carbons (Fsp3) is 0.256. The molecule has 8 nitrogen and oxygen atoms in total. The highest BCUT2D eigenvalue weighted by Crippen LogP contribution is 2.35. The molecule has 0 N–H and O–H groups in total. The number of carbonyl (C=O) groups is 3. The van der Waals surface area contributed by atoms with E-state index >= 15 is 0 Å². The van der Waals surface area contributed by atoms with Gasteiger partial charge in [-0.3, -0.25) is 4.79 Å². The first-order chi connectivity index (χ1) is 22.5. The van der Waals surface area contributed by atoms with E-state index in [9.17, 15) is 14.4 Å². The Morgan fingerprint density at radius 3 is 1.40 bits per heavy atom. The Labute approximate surface area is 276 Å². The van der Waals surface area contributed by atoms with Gasteiger partial charge in [0.1, 0.15) is 0 Å². The van der Waals surface area contributed by atoms with Crippen LogP contribution in [0.1, 0.15) is 86.5 Å². The summed E-state index contributed by atoms with van der Waals surface area (Å²) in [6.07, 6.45) is 2.14. The third kappa shape index (κ3) is 9.56. The molecule has 47 heavy (non-hydrogen) atoms. The van der Waals surface area contributed by atoms with Gasteiger partial charge < -0.3 is 14.6 Å². The van der Waals surface area contributed by atoms with Gasteiger partial charge in [0.05, 0.1) is 11.4 Å². The summed E-state index contributed by atoms with van der Waals surface area (Å²) < 4.78 is 0. The second-order valence-corrected chi connectivity index (χ2v) is 11.8. The lowest BCUT2D eigenvalue weighted by Crippen LogP contribution is -2.12. The van der Waals surface area contributed by atoms with E-state index in [-0.39, 0.29) is 5.78 Å². The molecule has 4 aromatic rings. The standard InChI is InChI=1S/C39H41N3O5/c1-7-8-37(40-46-28(5)43)30-13-19-34(20-14-30)42(35-21-15-31(16-22-35)38(25-26(2)3)41-47-29(6)44)36-23-17-33(18-24-36)39(45)32-11-9-27(4)10-12-32/h9-24,26H,7-8,25H2,1-6H3/b40-37+,41-38+. The number of hydrogen-bond donors (Lipinski definition) is 0. The van der Waals surface area contributed by atoms with Crippen molar-refractivity contribution < 1.29 is 24.1 Å². The topological polar surface area (TPSA) is 97.6 Å². The molecule has 0 amide bonds. The highest BCUT2D eigenvalue weighted by molar-refractivity contribution is 6.09. The number of anilines is 3. The van der Waals surface area contributed by atoms with E-state index in [0.29, 0.717) is 41.3 Å². The zero-order chi connectivity index (χ0) is 33.9. The molecule has 0 aliphatic rings. The average molecular weight is 632 g/mol. The van der Waals surface area contributed by atoms with Crippen LogP contribution in [0.3, 0.4) is 0 Å². The summed E-state index contributed by atoms with van der Waals surface area (Å²) in [4.78, 5) is 48.1. The SMILES string of the molecule is CCC/C(=N\OC(C)=O)c1ccc(N(c2ccc(C(=O)c3ccc(C)cc3)cc2)c2ccc(/C(CC(C)C)=N/OC(C)=O)cc2)cc1. The number of ketones is 1. The predicted molar refractivity (Wildman–Crippen MR) is 187 cm³/mol. The van der Waals surface area contributed by atoms with Gasteiger partial charge >= 0.3 is 11.9 Å². The van der Waals surface area contributed by atoms with Crippen molar-refractivity contribution in [3.05, 3.63) is 125 Å². The van der Waals surface area contributed by atoms with Gasteiger partial charge in [-0.15, -0.1) is 0 Å². The largest absolute Gasteiger partial charge is 0.331 e. The molecule has 242 valence electrons. The molecule has 0 atom stereocenters. The van der Waals surface area contributed by atoms with Gasteiger partial charge in [-0.1, -0.05) is 91.6 Å². The first kappa shape index (κ1) is 34.5. The fourth-order valence-electron chi connectivity index (χ4n) is 5.00. The first-order valence-electron chi connectivity index (χ1n) is 15.8. The summed E-state index contributed by atoms with van der Waals surface area (Å²) in [6.45, 7) is 10.9. The quantitative estimate of drug-likeness (QED) is 0.0632. The minimum absolute atomic E-state index is 0.0444. The third-order valence-electron chi connectivity index (χ3n) is 7.28. The van der Waals surface area contributed by atoms with Gasteiger partial charge in [0, 0.05) is 42.0 Å². The van der Waals surface area contributed by atoms with Crippen LogP contribution in [0.15, 0.2) is 107 Å². The van der Waals surface area contributed by atoms with Gasteiger partial charge in [0.2, 0.25) is 0 Å². The van der Waals surface area contributed by atoms with Crippen molar-refractivity contribution in [1.29, 1.82) is 0 Å². The molecule has 0 heterocycles. The zero-order valence-electron chi connectivity index (χ0n) is 27.8. The van der Waals surface area contributed by atoms with Crippen LogP contribution in [0, 0.1) is 12.8 Å². The molecule has 0 saturated carbocycles. The lowest BCUT2D eigenvalue weighted by molar-refractivity contribution is -0.141. The Bertz CT molecular complexity index is 1740. The van der Waals surface area contributed by atoms with E-state index in [1.807, 2.05) is 111 Å². The molecular weight excluding hydrogens is 590 g/mol. The van der Waals surface area contributed by atoms with Gasteiger partial charge in [-0.05, 0) is 85.3 Å². The van der Waals surface area contributed by atoms with Gasteiger partial charge in [-0.2, -0.15) is 0 Å². The Morgan fingerprint density at radius 1 is 0.617 bits per heavy atom. The van der Waals surface area contributed by atoms with Crippen molar-refractivity contribution in [3.63, 3.8) is 0 Å². The molecule has 0 spiro atoms. The summed E-state index contributed by atoms with van der Waals surface area (Å²) in [5.74, 6) is -0.676. The van der Waals surface area contributed by atoms with Crippen LogP contribution < -0.4 is 4.90 Å². The van der Waals surface area contributed by atoms with Crippen LogP contribution >= 0.6 is 0 Å². The van der Waals surface area contributed by atoms with E-state index < -0.39 is 11.9 Å². The molecule has 0 aromatic heterocycles. The molecule has 0 saturated heterocycles. The molecule has 8 heteroatoms. The Kier molecular flexibility index (Phi) is 11.9. The summed E-state index contributed by atoms with van der Waals surface area (Å²) >= 11 is 0. The maximum absolute atomic E-state index is 13.2. The lowest BCUT2D eigenvalue weighted by Gasteiger charge is -2.26. The normalized spacial score (nSPS) is 11.7. The Morgan fingerprint density at radius 2 is 1.00 bits per heavy atom. The molecule has 4 aromatic carbocycles. The molecular formula is C39H41N3O5. The maximum atomic E-state index is 13.2. The molecule has 0 fully saturated rings. The number of hydrogen-bond acceptors (Lipinski definition) is 8. The van der Waals surface area contributed by atoms with Gasteiger partial charge in [-0.25, -0.2) is 9.59 Å². The zero-order valence-corrected chi connectivity index (χ0v) is 27.8. The second-order valence-electron chi connectivity index (χ2n) is 11.8. The van der Waals surface area contributed by atoms with E-state index in [2.05, 4.69) is 29.1 Å². The minimum Gasteiger partial charge on any atom is -0.318 e. The van der Waals surface area contributed by atoms with E-state index in [1.165, 1.54) is 13.8 Å². The lowest BCUT2D eigenvalue weighted by atomic mass is 9.99. The van der Waals surface area contributed by atoms with Crippen LogP contribution in [0.25, 0.3) is 0 Å². The molecule has 0 bridgehead atoms. The van der Waals surface area contributed by atoms with Crippen LogP contribution in [0.4, 0.5) is 17.1 Å². The molecule has 0 aliphatic carbocycles. The monoisotopic (exact) mass is 631 g/mol. The van der Waals surface area contributed by atoms with E-state index in [4.69, 9.17) is 9.68 Å².